The fourth-order valence-electron chi connectivity index (χ4n) is 2.33. The maximum absolute atomic E-state index is 12.7. The van der Waals surface area contributed by atoms with Gasteiger partial charge in [0.1, 0.15) is 0 Å². The largest absolute Gasteiger partial charge is 0.416 e. The van der Waals surface area contributed by atoms with Gasteiger partial charge in [0.25, 0.3) is 0 Å². The van der Waals surface area contributed by atoms with Crippen LogP contribution >= 0.6 is 15.9 Å². The molecule has 1 aliphatic rings. The highest BCUT2D eigenvalue weighted by Gasteiger charge is 2.32. The third-order valence-electron chi connectivity index (χ3n) is 3.38. The summed E-state index contributed by atoms with van der Waals surface area (Å²) in [5.41, 5.74) is -1.13. The van der Waals surface area contributed by atoms with Crippen molar-refractivity contribution in [1.82, 2.24) is 0 Å². The molecule has 1 aromatic carbocycles. The van der Waals surface area contributed by atoms with E-state index in [2.05, 4.69) is 21.2 Å². The Balaban J connectivity index is 2.10. The quantitative estimate of drug-likeness (QED) is 0.866. The Morgan fingerprint density at radius 3 is 2.42 bits per heavy atom. The first-order valence-electron chi connectivity index (χ1n) is 6.13. The number of aliphatic hydroxyl groups is 1. The summed E-state index contributed by atoms with van der Waals surface area (Å²) in [4.78, 5) is 0. The van der Waals surface area contributed by atoms with Crippen LogP contribution in [0, 0.1) is 0 Å². The molecule has 2 nitrogen and oxygen atoms in total. The molecule has 1 aromatic rings. The second kappa shape index (κ2) is 5.32. The summed E-state index contributed by atoms with van der Waals surface area (Å²) in [6, 6.07) is 3.67. The molecule has 0 radical (unpaired) electrons. The van der Waals surface area contributed by atoms with Gasteiger partial charge in [-0.25, -0.2) is 0 Å². The zero-order valence-electron chi connectivity index (χ0n) is 10.2. The predicted molar refractivity (Wildman–Crippen MR) is 71.1 cm³/mol. The van der Waals surface area contributed by atoms with E-state index in [4.69, 9.17) is 0 Å². The molecule has 0 aliphatic heterocycles. The fourth-order valence-corrected chi connectivity index (χ4v) is 2.83. The summed E-state index contributed by atoms with van der Waals surface area (Å²) in [5.74, 6) is 0. The molecule has 0 heterocycles. The van der Waals surface area contributed by atoms with E-state index in [1.54, 1.807) is 6.07 Å². The van der Waals surface area contributed by atoms with Crippen molar-refractivity contribution in [2.45, 2.75) is 37.5 Å². The first-order chi connectivity index (χ1) is 8.78. The van der Waals surface area contributed by atoms with Gasteiger partial charge in [0.2, 0.25) is 0 Å². The van der Waals surface area contributed by atoms with Crippen molar-refractivity contribution in [3.63, 3.8) is 0 Å². The maximum atomic E-state index is 12.7. The van der Waals surface area contributed by atoms with Gasteiger partial charge < -0.3 is 10.4 Å². The van der Waals surface area contributed by atoms with Crippen LogP contribution in [-0.2, 0) is 6.18 Å². The Morgan fingerprint density at radius 2 is 1.84 bits per heavy atom. The lowest BCUT2D eigenvalue weighted by Crippen LogP contribution is -2.33. The van der Waals surface area contributed by atoms with Crippen LogP contribution in [0.15, 0.2) is 22.7 Å². The molecule has 106 valence electrons. The van der Waals surface area contributed by atoms with Crippen LogP contribution < -0.4 is 5.32 Å². The Morgan fingerprint density at radius 1 is 1.21 bits per heavy atom. The fraction of sp³-hybridized carbons (Fsp3) is 0.538. The third-order valence-corrected chi connectivity index (χ3v) is 3.84. The number of hydrogen-bond donors (Lipinski definition) is 2. The number of halogens is 4. The van der Waals surface area contributed by atoms with Gasteiger partial charge in [-0.05, 0) is 31.0 Å². The molecule has 19 heavy (non-hydrogen) atoms. The van der Waals surface area contributed by atoms with E-state index < -0.39 is 17.3 Å². The normalized spacial score (nSPS) is 18.6. The highest BCUT2D eigenvalue weighted by molar-refractivity contribution is 9.10. The van der Waals surface area contributed by atoms with Crippen molar-refractivity contribution in [3.8, 4) is 0 Å². The minimum absolute atomic E-state index is 0.279. The third kappa shape index (κ3) is 3.86. The van der Waals surface area contributed by atoms with E-state index in [1.807, 2.05) is 0 Å². The molecule has 0 amide bonds. The van der Waals surface area contributed by atoms with E-state index in [-0.39, 0.29) is 6.54 Å². The minimum Gasteiger partial charge on any atom is -0.388 e. The SMILES string of the molecule is OC1(CNc2cc(Br)cc(C(F)(F)F)c2)CCCC1. The van der Waals surface area contributed by atoms with Crippen molar-refractivity contribution in [2.75, 3.05) is 11.9 Å². The van der Waals surface area contributed by atoms with Crippen LogP contribution in [0.3, 0.4) is 0 Å². The minimum atomic E-state index is -4.37. The van der Waals surface area contributed by atoms with Crippen LogP contribution in [0.5, 0.6) is 0 Å². The molecule has 0 unspecified atom stereocenters. The molecule has 0 aromatic heterocycles. The number of hydrogen-bond acceptors (Lipinski definition) is 2. The lowest BCUT2D eigenvalue weighted by atomic mass is 10.0. The zero-order chi connectivity index (χ0) is 14.1. The van der Waals surface area contributed by atoms with E-state index >= 15 is 0 Å². The lowest BCUT2D eigenvalue weighted by Gasteiger charge is -2.23. The van der Waals surface area contributed by atoms with E-state index in [0.29, 0.717) is 23.0 Å². The second-order valence-corrected chi connectivity index (χ2v) is 5.93. The predicted octanol–water partition coefficient (Wildman–Crippen LogP) is 4.18. The standard InChI is InChI=1S/C13H15BrF3NO/c14-10-5-9(13(15,16)17)6-11(7-10)18-8-12(19)3-1-2-4-12/h5-7,18-19H,1-4,8H2. The molecule has 1 saturated carbocycles. The Kier molecular flexibility index (Phi) is 4.11. The molecule has 0 bridgehead atoms. The van der Waals surface area contributed by atoms with Crippen molar-refractivity contribution in [3.05, 3.63) is 28.2 Å². The van der Waals surface area contributed by atoms with Gasteiger partial charge >= 0.3 is 6.18 Å². The molecule has 1 fully saturated rings. The second-order valence-electron chi connectivity index (χ2n) is 5.01. The van der Waals surface area contributed by atoms with Gasteiger partial charge in [0.05, 0.1) is 11.2 Å². The van der Waals surface area contributed by atoms with Crippen LogP contribution in [0.2, 0.25) is 0 Å². The van der Waals surface area contributed by atoms with Crippen LogP contribution in [0.1, 0.15) is 31.2 Å². The Hall–Kier alpha value is -0.750. The summed E-state index contributed by atoms with van der Waals surface area (Å²) in [6.07, 6.45) is -1.06. The van der Waals surface area contributed by atoms with E-state index in [9.17, 15) is 18.3 Å². The smallest absolute Gasteiger partial charge is 0.388 e. The molecule has 2 rings (SSSR count). The van der Waals surface area contributed by atoms with Crippen LogP contribution in [0.4, 0.5) is 18.9 Å². The number of nitrogens with one attached hydrogen (secondary N) is 1. The topological polar surface area (TPSA) is 32.3 Å². The number of alkyl halides is 3. The van der Waals surface area contributed by atoms with E-state index in [0.717, 1.165) is 25.0 Å². The van der Waals surface area contributed by atoms with Gasteiger partial charge in [0.15, 0.2) is 0 Å². The molecule has 0 spiro atoms. The van der Waals surface area contributed by atoms with Gasteiger partial charge in [-0.15, -0.1) is 0 Å². The molecular weight excluding hydrogens is 323 g/mol. The van der Waals surface area contributed by atoms with Crippen LogP contribution in [0.25, 0.3) is 0 Å². The summed E-state index contributed by atoms with van der Waals surface area (Å²) in [5, 5.41) is 13.1. The average Bonchev–Trinajstić information content (AvgIpc) is 2.72. The van der Waals surface area contributed by atoms with Gasteiger partial charge in [-0.3, -0.25) is 0 Å². The summed E-state index contributed by atoms with van der Waals surface area (Å²) in [6.45, 7) is 0.279. The van der Waals surface area contributed by atoms with Gasteiger partial charge in [-0.2, -0.15) is 13.2 Å². The Bertz CT molecular complexity index is 456. The number of rotatable bonds is 3. The molecule has 1 aliphatic carbocycles. The zero-order valence-corrected chi connectivity index (χ0v) is 11.8. The van der Waals surface area contributed by atoms with Crippen LogP contribution in [-0.4, -0.2) is 17.3 Å². The molecule has 2 N–H and O–H groups in total. The summed E-state index contributed by atoms with van der Waals surface area (Å²) in [7, 11) is 0. The number of anilines is 1. The average molecular weight is 338 g/mol. The monoisotopic (exact) mass is 337 g/mol. The van der Waals surface area contributed by atoms with Crippen molar-refractivity contribution in [1.29, 1.82) is 0 Å². The summed E-state index contributed by atoms with van der Waals surface area (Å²) < 4.78 is 38.4. The number of benzene rings is 1. The highest BCUT2D eigenvalue weighted by Crippen LogP contribution is 2.34. The highest BCUT2D eigenvalue weighted by atomic mass is 79.9. The molecule has 0 saturated heterocycles. The van der Waals surface area contributed by atoms with Gasteiger partial charge in [0, 0.05) is 16.7 Å². The van der Waals surface area contributed by atoms with E-state index in [1.165, 1.54) is 0 Å². The van der Waals surface area contributed by atoms with Crippen molar-refractivity contribution >= 4 is 21.6 Å². The Labute approximate surface area is 118 Å². The maximum Gasteiger partial charge on any atom is 0.416 e. The summed E-state index contributed by atoms with van der Waals surface area (Å²) >= 11 is 3.07. The lowest BCUT2D eigenvalue weighted by molar-refractivity contribution is -0.137. The van der Waals surface area contributed by atoms with Crippen molar-refractivity contribution in [2.24, 2.45) is 0 Å². The van der Waals surface area contributed by atoms with Crippen molar-refractivity contribution < 1.29 is 18.3 Å². The first-order valence-corrected chi connectivity index (χ1v) is 6.92. The molecular formula is C13H15BrF3NO. The van der Waals surface area contributed by atoms with Gasteiger partial charge in [-0.1, -0.05) is 28.8 Å². The molecule has 6 heteroatoms. The first kappa shape index (κ1) is 14.7. The molecule has 0 atom stereocenters.